The molecule has 4 rings (SSSR count). The number of para-hydroxylation sites is 1. The molecule has 0 radical (unpaired) electrons. The van der Waals surface area contributed by atoms with Crippen molar-refractivity contribution in [3.8, 4) is 22.1 Å². The number of thioether (sulfide) groups is 1. The van der Waals surface area contributed by atoms with E-state index in [1.165, 1.54) is 22.0 Å². The fourth-order valence-electron chi connectivity index (χ4n) is 3.16. The number of nitrogens with zero attached hydrogens (tertiary/aromatic N) is 4. The highest BCUT2D eigenvalue weighted by molar-refractivity contribution is 7.98. The molecule has 9 heteroatoms. The van der Waals surface area contributed by atoms with Gasteiger partial charge in [0, 0.05) is 11.1 Å². The second-order valence-corrected chi connectivity index (χ2v) is 10.3. The minimum atomic E-state index is 0.104. The van der Waals surface area contributed by atoms with E-state index in [0.29, 0.717) is 16.7 Å². The van der Waals surface area contributed by atoms with Crippen LogP contribution in [0.15, 0.2) is 59.1 Å². The maximum atomic E-state index is 6.20. The number of ether oxygens (including phenoxy) is 2. The Hall–Kier alpha value is -3.04. The zero-order valence-corrected chi connectivity index (χ0v) is 20.7. The van der Waals surface area contributed by atoms with Gasteiger partial charge in [-0.2, -0.15) is 0 Å². The van der Waals surface area contributed by atoms with Crippen LogP contribution in [-0.2, 0) is 17.8 Å². The van der Waals surface area contributed by atoms with Crippen molar-refractivity contribution in [2.24, 2.45) is 0 Å². The fraction of sp³-hybridized carbons (Fsp3) is 0.292. The molecule has 0 aliphatic carbocycles. The van der Waals surface area contributed by atoms with Gasteiger partial charge >= 0.3 is 0 Å². The number of benzene rings is 2. The Bertz CT molecular complexity index is 1210. The number of thiazole rings is 1. The summed E-state index contributed by atoms with van der Waals surface area (Å²) >= 11 is 3.07. The second kappa shape index (κ2) is 9.84. The first-order chi connectivity index (χ1) is 15.8. The summed E-state index contributed by atoms with van der Waals surface area (Å²) in [6, 6.07) is 16.0. The largest absolute Gasteiger partial charge is 0.496 e. The predicted octanol–water partition coefficient (Wildman–Crippen LogP) is 5.29. The Kier molecular flexibility index (Phi) is 6.90. The summed E-state index contributed by atoms with van der Waals surface area (Å²) in [7, 11) is 1.67. The molecule has 0 saturated heterocycles. The molecule has 0 aliphatic heterocycles. The molecule has 0 amide bonds. The topological polar surface area (TPSA) is 88.1 Å². The molecule has 2 aromatic carbocycles. The van der Waals surface area contributed by atoms with E-state index >= 15 is 0 Å². The van der Waals surface area contributed by atoms with E-state index in [4.69, 9.17) is 20.3 Å². The molecule has 33 heavy (non-hydrogen) atoms. The van der Waals surface area contributed by atoms with Gasteiger partial charge in [0.05, 0.1) is 18.4 Å². The van der Waals surface area contributed by atoms with Gasteiger partial charge in [-0.15, -0.1) is 21.5 Å². The van der Waals surface area contributed by atoms with Gasteiger partial charge in [-0.25, -0.2) is 9.66 Å². The lowest BCUT2D eigenvalue weighted by molar-refractivity contribution is 0.291. The van der Waals surface area contributed by atoms with Crippen molar-refractivity contribution in [2.45, 2.75) is 43.7 Å². The lowest BCUT2D eigenvalue weighted by Gasteiger charge is -2.19. The SMILES string of the molecule is COc1ccccc1-c1nc(CSc2nnc(COc3ccc(C(C)(C)C)cc3)n2N)cs1. The van der Waals surface area contributed by atoms with Crippen LogP contribution in [0.1, 0.15) is 37.9 Å². The maximum absolute atomic E-state index is 6.20. The van der Waals surface area contributed by atoms with E-state index in [1.807, 2.05) is 41.8 Å². The molecule has 0 fully saturated rings. The summed E-state index contributed by atoms with van der Waals surface area (Å²) < 4.78 is 12.8. The summed E-state index contributed by atoms with van der Waals surface area (Å²) in [4.78, 5) is 4.74. The first-order valence-electron chi connectivity index (χ1n) is 10.5. The highest BCUT2D eigenvalue weighted by Gasteiger charge is 2.15. The molecule has 0 atom stereocenters. The second-order valence-electron chi connectivity index (χ2n) is 8.46. The first kappa shape index (κ1) is 23.1. The average molecular weight is 482 g/mol. The smallest absolute Gasteiger partial charge is 0.210 e. The van der Waals surface area contributed by atoms with Gasteiger partial charge in [-0.3, -0.25) is 0 Å². The van der Waals surface area contributed by atoms with Crippen LogP contribution in [-0.4, -0.2) is 27.0 Å². The van der Waals surface area contributed by atoms with Gasteiger partial charge in [-0.1, -0.05) is 56.8 Å². The Morgan fingerprint density at radius 3 is 2.55 bits per heavy atom. The molecule has 0 bridgehead atoms. The van der Waals surface area contributed by atoms with Gasteiger partial charge < -0.3 is 15.3 Å². The number of rotatable bonds is 8. The predicted molar refractivity (Wildman–Crippen MR) is 133 cm³/mol. The molecule has 0 aliphatic rings. The molecule has 2 aromatic heterocycles. The fourth-order valence-corrected chi connectivity index (χ4v) is 4.88. The maximum Gasteiger partial charge on any atom is 0.210 e. The summed E-state index contributed by atoms with van der Waals surface area (Å²) in [5, 5.41) is 12.0. The van der Waals surface area contributed by atoms with Crippen LogP contribution in [0.25, 0.3) is 10.6 Å². The highest BCUT2D eigenvalue weighted by atomic mass is 32.2. The Balaban J connectivity index is 1.35. The van der Waals surface area contributed by atoms with Crippen molar-refractivity contribution in [1.82, 2.24) is 19.9 Å². The molecule has 0 unspecified atom stereocenters. The van der Waals surface area contributed by atoms with E-state index in [-0.39, 0.29) is 12.0 Å². The number of nitrogen functional groups attached to an aromatic ring is 1. The van der Waals surface area contributed by atoms with Crippen LogP contribution in [0.5, 0.6) is 11.5 Å². The summed E-state index contributed by atoms with van der Waals surface area (Å²) in [5.41, 5.74) is 3.29. The Labute approximate surface area is 202 Å². The van der Waals surface area contributed by atoms with Crippen molar-refractivity contribution < 1.29 is 9.47 Å². The number of nitrogens with two attached hydrogens (primary N) is 1. The van der Waals surface area contributed by atoms with Gasteiger partial charge in [0.25, 0.3) is 0 Å². The quantitative estimate of drug-likeness (QED) is 0.270. The molecular weight excluding hydrogens is 454 g/mol. The van der Waals surface area contributed by atoms with Crippen LogP contribution in [0.3, 0.4) is 0 Å². The molecular formula is C24H27N5O2S2. The van der Waals surface area contributed by atoms with Crippen LogP contribution in [0.2, 0.25) is 0 Å². The van der Waals surface area contributed by atoms with Crippen LogP contribution >= 0.6 is 23.1 Å². The van der Waals surface area contributed by atoms with Crippen molar-refractivity contribution >= 4 is 23.1 Å². The Morgan fingerprint density at radius 1 is 1.06 bits per heavy atom. The Morgan fingerprint density at radius 2 is 1.82 bits per heavy atom. The molecule has 7 nitrogen and oxygen atoms in total. The summed E-state index contributed by atoms with van der Waals surface area (Å²) in [5.74, 6) is 8.98. The number of hydrogen-bond acceptors (Lipinski definition) is 8. The molecule has 2 heterocycles. The zero-order valence-electron chi connectivity index (χ0n) is 19.1. The van der Waals surface area contributed by atoms with E-state index < -0.39 is 0 Å². The number of methoxy groups -OCH3 is 1. The van der Waals surface area contributed by atoms with Crippen LogP contribution in [0.4, 0.5) is 0 Å². The van der Waals surface area contributed by atoms with E-state index in [0.717, 1.165) is 27.8 Å². The molecule has 0 spiro atoms. The van der Waals surface area contributed by atoms with Crippen molar-refractivity contribution in [3.05, 3.63) is 71.0 Å². The number of aromatic nitrogens is 4. The lowest BCUT2D eigenvalue weighted by Crippen LogP contribution is -2.16. The molecule has 4 aromatic rings. The zero-order chi connectivity index (χ0) is 23.4. The average Bonchev–Trinajstić information content (AvgIpc) is 3.42. The monoisotopic (exact) mass is 481 g/mol. The minimum Gasteiger partial charge on any atom is -0.496 e. The van der Waals surface area contributed by atoms with E-state index in [1.54, 1.807) is 18.4 Å². The van der Waals surface area contributed by atoms with Crippen molar-refractivity contribution in [3.63, 3.8) is 0 Å². The van der Waals surface area contributed by atoms with Crippen molar-refractivity contribution in [1.29, 1.82) is 0 Å². The standard InChI is InChI=1S/C24H27N5O2S2/c1-24(2,3)16-9-11-18(12-10-16)31-13-21-27-28-23(29(21)25)33-15-17-14-32-22(26-17)19-7-5-6-8-20(19)30-4/h5-12,14H,13,15,25H2,1-4H3. The van der Waals surface area contributed by atoms with Gasteiger partial charge in [-0.05, 0) is 35.2 Å². The minimum absolute atomic E-state index is 0.104. The van der Waals surface area contributed by atoms with E-state index in [9.17, 15) is 0 Å². The van der Waals surface area contributed by atoms with Gasteiger partial charge in [0.2, 0.25) is 5.16 Å². The van der Waals surface area contributed by atoms with Crippen molar-refractivity contribution in [2.75, 3.05) is 13.0 Å². The van der Waals surface area contributed by atoms with E-state index in [2.05, 4.69) is 43.1 Å². The highest BCUT2D eigenvalue weighted by Crippen LogP contribution is 2.33. The molecule has 172 valence electrons. The molecule has 2 N–H and O–H groups in total. The summed E-state index contributed by atoms with van der Waals surface area (Å²) in [6.07, 6.45) is 0. The summed E-state index contributed by atoms with van der Waals surface area (Å²) in [6.45, 7) is 6.80. The third-order valence-electron chi connectivity index (χ3n) is 5.06. The van der Waals surface area contributed by atoms with Crippen LogP contribution < -0.4 is 15.3 Å². The number of hydrogen-bond donors (Lipinski definition) is 1. The van der Waals surface area contributed by atoms with Crippen LogP contribution in [0, 0.1) is 0 Å². The third kappa shape index (κ3) is 5.48. The third-order valence-corrected chi connectivity index (χ3v) is 6.96. The van der Waals surface area contributed by atoms with Gasteiger partial charge in [0.15, 0.2) is 5.82 Å². The normalized spacial score (nSPS) is 11.5. The first-order valence-corrected chi connectivity index (χ1v) is 12.3. The lowest BCUT2D eigenvalue weighted by atomic mass is 9.87. The molecule has 0 saturated carbocycles. The van der Waals surface area contributed by atoms with Gasteiger partial charge in [0.1, 0.15) is 23.1 Å².